The van der Waals surface area contributed by atoms with Crippen molar-refractivity contribution in [3.05, 3.63) is 57.8 Å². The summed E-state index contributed by atoms with van der Waals surface area (Å²) in [4.78, 5) is 49.9. The Balaban J connectivity index is 2.24. The number of carboxylic acid groups (broad SMARTS) is 1. The zero-order valence-electron chi connectivity index (χ0n) is 12.8. The highest BCUT2D eigenvalue weighted by atomic mass is 16.4. The van der Waals surface area contributed by atoms with E-state index in [1.54, 1.807) is 24.3 Å². The maximum Gasteiger partial charge on any atom is 0.329 e. The van der Waals surface area contributed by atoms with E-state index in [9.17, 15) is 19.2 Å². The number of aliphatic carboxylic acids is 1. The van der Waals surface area contributed by atoms with Crippen LogP contribution >= 0.6 is 0 Å². The molecule has 0 aliphatic heterocycles. The second-order valence-electron chi connectivity index (χ2n) is 5.19. The fraction of sp³-hybridized carbons (Fsp3) is 0.250. The summed E-state index contributed by atoms with van der Waals surface area (Å²) in [5, 5.41) is 11.7. The molecule has 1 heterocycles. The van der Waals surface area contributed by atoms with Crippen molar-refractivity contribution in [2.24, 2.45) is 0 Å². The Morgan fingerprint density at radius 1 is 1.33 bits per heavy atom. The number of rotatable bonds is 7. The Hall–Kier alpha value is -3.16. The van der Waals surface area contributed by atoms with Gasteiger partial charge in [0.2, 0.25) is 5.91 Å². The SMILES string of the molecule is C=CCCC(NC(=O)Cn1c(=O)[nH]c2ccccc2c1=O)C(=O)O. The van der Waals surface area contributed by atoms with Crippen LogP contribution in [0.5, 0.6) is 0 Å². The van der Waals surface area contributed by atoms with Gasteiger partial charge in [0.05, 0.1) is 10.9 Å². The largest absolute Gasteiger partial charge is 0.480 e. The summed E-state index contributed by atoms with van der Waals surface area (Å²) < 4.78 is 0.740. The molecule has 0 bridgehead atoms. The lowest BCUT2D eigenvalue weighted by Crippen LogP contribution is -2.46. The normalized spacial score (nSPS) is 11.8. The van der Waals surface area contributed by atoms with E-state index in [0.717, 1.165) is 4.57 Å². The summed E-state index contributed by atoms with van der Waals surface area (Å²) in [6.07, 6.45) is 2.13. The number of amides is 1. The van der Waals surface area contributed by atoms with E-state index in [2.05, 4.69) is 16.9 Å². The maximum absolute atomic E-state index is 12.3. The predicted molar refractivity (Wildman–Crippen MR) is 87.8 cm³/mol. The number of nitrogens with zero attached hydrogens (tertiary/aromatic N) is 1. The summed E-state index contributed by atoms with van der Waals surface area (Å²) in [6.45, 7) is 2.94. The van der Waals surface area contributed by atoms with E-state index in [-0.39, 0.29) is 11.8 Å². The molecule has 2 aromatic rings. The van der Waals surface area contributed by atoms with Gasteiger partial charge in [-0.2, -0.15) is 0 Å². The molecule has 0 aliphatic carbocycles. The number of fused-ring (bicyclic) bond motifs is 1. The summed E-state index contributed by atoms with van der Waals surface area (Å²) in [7, 11) is 0. The molecule has 8 heteroatoms. The molecule has 0 fully saturated rings. The van der Waals surface area contributed by atoms with Crippen LogP contribution in [0.4, 0.5) is 0 Å². The van der Waals surface area contributed by atoms with Gasteiger partial charge in [0.15, 0.2) is 0 Å². The number of carbonyl (C=O) groups is 2. The zero-order valence-corrected chi connectivity index (χ0v) is 12.8. The lowest BCUT2D eigenvalue weighted by atomic mass is 10.1. The van der Waals surface area contributed by atoms with Crippen molar-refractivity contribution < 1.29 is 14.7 Å². The Morgan fingerprint density at radius 3 is 2.71 bits per heavy atom. The quantitative estimate of drug-likeness (QED) is 0.627. The molecular formula is C16H17N3O5. The van der Waals surface area contributed by atoms with Crippen LogP contribution in [-0.2, 0) is 16.1 Å². The molecule has 1 aromatic heterocycles. The third-order valence-electron chi connectivity index (χ3n) is 3.48. The predicted octanol–water partition coefficient (Wildman–Crippen LogP) is 0.225. The van der Waals surface area contributed by atoms with Crippen LogP contribution in [0.2, 0.25) is 0 Å². The van der Waals surface area contributed by atoms with E-state index >= 15 is 0 Å². The molecule has 2 rings (SSSR count). The van der Waals surface area contributed by atoms with Crippen molar-refractivity contribution in [2.45, 2.75) is 25.4 Å². The lowest BCUT2D eigenvalue weighted by molar-refractivity contribution is -0.142. The van der Waals surface area contributed by atoms with Gasteiger partial charge >= 0.3 is 11.7 Å². The highest BCUT2D eigenvalue weighted by Gasteiger charge is 2.20. The number of aromatic nitrogens is 2. The number of nitrogens with one attached hydrogen (secondary N) is 2. The van der Waals surface area contributed by atoms with Gasteiger partial charge in [0, 0.05) is 0 Å². The molecule has 1 unspecified atom stereocenters. The number of benzene rings is 1. The number of hydrogen-bond acceptors (Lipinski definition) is 4. The number of aromatic amines is 1. The van der Waals surface area contributed by atoms with Crippen LogP contribution in [0, 0.1) is 0 Å². The third kappa shape index (κ3) is 3.78. The number of allylic oxidation sites excluding steroid dienone is 1. The average molecular weight is 331 g/mol. The van der Waals surface area contributed by atoms with Gasteiger partial charge in [0.1, 0.15) is 12.6 Å². The standard InChI is InChI=1S/C16H17N3O5/c1-2-3-7-12(15(22)23)17-13(20)9-19-14(21)10-6-4-5-8-11(10)18-16(19)24/h2,4-6,8,12H,1,3,7,9H2,(H,17,20)(H,18,24)(H,22,23). The Labute approximate surface area is 136 Å². The van der Waals surface area contributed by atoms with Crippen LogP contribution in [0.15, 0.2) is 46.5 Å². The Kier molecular flexibility index (Phi) is 5.31. The third-order valence-corrected chi connectivity index (χ3v) is 3.48. The molecule has 8 nitrogen and oxygen atoms in total. The van der Waals surface area contributed by atoms with E-state index in [4.69, 9.17) is 5.11 Å². The first kappa shape index (κ1) is 17.2. The van der Waals surface area contributed by atoms with Crippen LogP contribution in [0.3, 0.4) is 0 Å². The van der Waals surface area contributed by atoms with Gasteiger partial charge < -0.3 is 15.4 Å². The molecule has 1 amide bonds. The van der Waals surface area contributed by atoms with Crippen LogP contribution < -0.4 is 16.6 Å². The second-order valence-corrected chi connectivity index (χ2v) is 5.19. The first-order valence-corrected chi connectivity index (χ1v) is 7.29. The monoisotopic (exact) mass is 331 g/mol. The van der Waals surface area contributed by atoms with Crippen LogP contribution in [-0.4, -0.2) is 32.6 Å². The number of carboxylic acids is 1. The van der Waals surface area contributed by atoms with Crippen molar-refractivity contribution in [1.29, 1.82) is 0 Å². The van der Waals surface area contributed by atoms with Gasteiger partial charge in [-0.05, 0) is 25.0 Å². The molecule has 1 aromatic carbocycles. The fourth-order valence-electron chi connectivity index (χ4n) is 2.27. The molecule has 0 spiro atoms. The molecule has 126 valence electrons. The maximum atomic E-state index is 12.3. The van der Waals surface area contributed by atoms with Gasteiger partial charge in [-0.15, -0.1) is 6.58 Å². The molecule has 0 radical (unpaired) electrons. The van der Waals surface area contributed by atoms with Crippen molar-refractivity contribution in [3.63, 3.8) is 0 Å². The minimum absolute atomic E-state index is 0.174. The molecule has 24 heavy (non-hydrogen) atoms. The number of para-hydroxylation sites is 1. The topological polar surface area (TPSA) is 121 Å². The number of carbonyl (C=O) groups excluding carboxylic acids is 1. The van der Waals surface area contributed by atoms with Crippen LogP contribution in [0.25, 0.3) is 10.9 Å². The van der Waals surface area contributed by atoms with E-state index in [1.807, 2.05) is 0 Å². The van der Waals surface area contributed by atoms with Crippen LogP contribution in [0.1, 0.15) is 12.8 Å². The summed E-state index contributed by atoms with van der Waals surface area (Å²) in [5.41, 5.74) is -0.965. The molecule has 0 aliphatic rings. The van der Waals surface area contributed by atoms with Gasteiger partial charge in [-0.25, -0.2) is 9.59 Å². The van der Waals surface area contributed by atoms with Gasteiger partial charge in [0.25, 0.3) is 5.56 Å². The Morgan fingerprint density at radius 2 is 2.04 bits per heavy atom. The van der Waals surface area contributed by atoms with Gasteiger partial charge in [-0.3, -0.25) is 14.2 Å². The Bertz CT molecular complexity index is 896. The van der Waals surface area contributed by atoms with Crippen molar-refractivity contribution >= 4 is 22.8 Å². The van der Waals surface area contributed by atoms with E-state index in [1.165, 1.54) is 6.07 Å². The molecule has 1 atom stereocenters. The smallest absolute Gasteiger partial charge is 0.329 e. The highest BCUT2D eigenvalue weighted by Crippen LogP contribution is 2.03. The fourth-order valence-corrected chi connectivity index (χ4v) is 2.27. The van der Waals surface area contributed by atoms with Crippen molar-refractivity contribution in [3.8, 4) is 0 Å². The first-order valence-electron chi connectivity index (χ1n) is 7.29. The molecule has 0 saturated carbocycles. The minimum Gasteiger partial charge on any atom is -0.480 e. The van der Waals surface area contributed by atoms with Gasteiger partial charge in [-0.1, -0.05) is 18.2 Å². The zero-order chi connectivity index (χ0) is 17.7. The molecule has 0 saturated heterocycles. The number of H-pyrrole nitrogens is 1. The van der Waals surface area contributed by atoms with E-state index < -0.39 is 35.7 Å². The average Bonchev–Trinajstić information content (AvgIpc) is 2.55. The highest BCUT2D eigenvalue weighted by molar-refractivity contribution is 5.83. The summed E-state index contributed by atoms with van der Waals surface area (Å²) in [5.74, 6) is -1.92. The summed E-state index contributed by atoms with van der Waals surface area (Å²) in [6, 6.07) is 5.32. The first-order chi connectivity index (χ1) is 11.4. The van der Waals surface area contributed by atoms with Crippen molar-refractivity contribution in [2.75, 3.05) is 0 Å². The minimum atomic E-state index is -1.19. The molecule has 3 N–H and O–H groups in total. The number of hydrogen-bond donors (Lipinski definition) is 3. The summed E-state index contributed by atoms with van der Waals surface area (Å²) >= 11 is 0. The molecular weight excluding hydrogens is 314 g/mol. The van der Waals surface area contributed by atoms with Crippen molar-refractivity contribution in [1.82, 2.24) is 14.9 Å². The van der Waals surface area contributed by atoms with E-state index in [0.29, 0.717) is 11.9 Å². The second kappa shape index (κ2) is 7.40. The lowest BCUT2D eigenvalue weighted by Gasteiger charge is -2.14.